The van der Waals surface area contributed by atoms with E-state index in [1.54, 1.807) is 12.5 Å². The highest BCUT2D eigenvalue weighted by molar-refractivity contribution is 6.28. The minimum atomic E-state index is 0.0785. The number of nitrogens with one attached hydrogen (secondary N) is 1. The van der Waals surface area contributed by atoms with E-state index in [2.05, 4.69) is 25.3 Å². The van der Waals surface area contributed by atoms with Crippen LogP contribution in [0.1, 0.15) is 6.92 Å². The first-order chi connectivity index (χ1) is 8.13. The number of anilines is 2. The maximum atomic E-state index is 5.68. The minimum Gasteiger partial charge on any atom is -0.368 e. The number of hydrogen-bond donors (Lipinski definition) is 2. The normalized spacial score (nSPS) is 12.4. The van der Waals surface area contributed by atoms with Gasteiger partial charge in [-0.05, 0) is 18.5 Å². The van der Waals surface area contributed by atoms with Crippen molar-refractivity contribution in [2.45, 2.75) is 19.5 Å². The molecule has 17 heavy (non-hydrogen) atoms. The second-order valence-electron chi connectivity index (χ2n) is 3.59. The molecular formula is C9H12ClN7. The average molecular weight is 254 g/mol. The molecule has 0 amide bonds. The van der Waals surface area contributed by atoms with Crippen LogP contribution in [0.3, 0.4) is 0 Å². The molecule has 0 aromatic carbocycles. The Morgan fingerprint density at radius 3 is 2.94 bits per heavy atom. The van der Waals surface area contributed by atoms with Gasteiger partial charge < -0.3 is 15.6 Å². The summed E-state index contributed by atoms with van der Waals surface area (Å²) in [7, 11) is 0. The number of aromatic nitrogens is 5. The molecular weight excluding hydrogens is 242 g/mol. The number of nitrogens with two attached hydrogens (primary N) is 1. The molecule has 90 valence electrons. The molecule has 2 aromatic heterocycles. The molecule has 0 fully saturated rings. The van der Waals surface area contributed by atoms with E-state index in [0.29, 0.717) is 5.95 Å². The summed E-state index contributed by atoms with van der Waals surface area (Å²) in [5.41, 5.74) is 5.47. The van der Waals surface area contributed by atoms with E-state index < -0.39 is 0 Å². The van der Waals surface area contributed by atoms with Gasteiger partial charge in [0.2, 0.25) is 17.2 Å². The molecule has 0 bridgehead atoms. The molecule has 2 rings (SSSR count). The molecule has 0 spiro atoms. The van der Waals surface area contributed by atoms with Gasteiger partial charge in [0, 0.05) is 25.0 Å². The highest BCUT2D eigenvalue weighted by Gasteiger charge is 2.07. The van der Waals surface area contributed by atoms with Crippen molar-refractivity contribution in [2.75, 3.05) is 11.1 Å². The Balaban J connectivity index is 2.00. The van der Waals surface area contributed by atoms with Crippen molar-refractivity contribution in [3.63, 3.8) is 0 Å². The van der Waals surface area contributed by atoms with Crippen LogP contribution in [0.4, 0.5) is 11.9 Å². The standard InChI is InChI=1S/C9H12ClN7/c1-6(4-17-3-2-12-5-17)13-9-15-7(10)14-8(11)16-9/h2-3,5-6H,4H2,1H3,(H3,11,13,14,15,16). The largest absolute Gasteiger partial charge is 0.368 e. The van der Waals surface area contributed by atoms with Crippen LogP contribution in [0.15, 0.2) is 18.7 Å². The van der Waals surface area contributed by atoms with Crippen LogP contribution in [-0.4, -0.2) is 30.5 Å². The van der Waals surface area contributed by atoms with Gasteiger partial charge in [0.15, 0.2) is 0 Å². The Morgan fingerprint density at radius 2 is 2.29 bits per heavy atom. The Morgan fingerprint density at radius 1 is 1.47 bits per heavy atom. The van der Waals surface area contributed by atoms with Crippen molar-refractivity contribution in [2.24, 2.45) is 0 Å². The van der Waals surface area contributed by atoms with E-state index in [9.17, 15) is 0 Å². The van der Waals surface area contributed by atoms with Crippen LogP contribution >= 0.6 is 11.6 Å². The monoisotopic (exact) mass is 253 g/mol. The molecule has 8 heteroatoms. The van der Waals surface area contributed by atoms with E-state index in [4.69, 9.17) is 17.3 Å². The van der Waals surface area contributed by atoms with E-state index in [0.717, 1.165) is 6.54 Å². The van der Waals surface area contributed by atoms with Gasteiger partial charge in [0.25, 0.3) is 0 Å². The molecule has 0 aliphatic heterocycles. The molecule has 2 heterocycles. The van der Waals surface area contributed by atoms with Crippen LogP contribution in [0.2, 0.25) is 5.28 Å². The summed E-state index contributed by atoms with van der Waals surface area (Å²) in [4.78, 5) is 15.5. The number of hydrogen-bond acceptors (Lipinski definition) is 6. The van der Waals surface area contributed by atoms with Gasteiger partial charge in [-0.2, -0.15) is 15.0 Å². The smallest absolute Gasteiger partial charge is 0.229 e. The predicted molar refractivity (Wildman–Crippen MR) is 64.6 cm³/mol. The molecule has 0 radical (unpaired) electrons. The predicted octanol–water partition coefficient (Wildman–Crippen LogP) is 0.804. The summed E-state index contributed by atoms with van der Waals surface area (Å²) in [6.07, 6.45) is 5.35. The molecule has 0 saturated carbocycles. The topological polar surface area (TPSA) is 94.5 Å². The number of nitrogens with zero attached hydrogens (tertiary/aromatic N) is 5. The third kappa shape index (κ3) is 3.28. The van der Waals surface area contributed by atoms with Crippen molar-refractivity contribution in [3.05, 3.63) is 24.0 Å². The second kappa shape index (κ2) is 4.96. The lowest BCUT2D eigenvalue weighted by molar-refractivity contribution is 0.614. The molecule has 0 aliphatic carbocycles. The van der Waals surface area contributed by atoms with E-state index in [1.807, 2.05) is 17.7 Å². The van der Waals surface area contributed by atoms with Gasteiger partial charge in [-0.15, -0.1) is 0 Å². The molecule has 3 N–H and O–H groups in total. The van der Waals surface area contributed by atoms with Gasteiger partial charge in [0.1, 0.15) is 0 Å². The van der Waals surface area contributed by atoms with Crippen molar-refractivity contribution in [1.29, 1.82) is 0 Å². The van der Waals surface area contributed by atoms with Crippen LogP contribution in [-0.2, 0) is 6.54 Å². The summed E-state index contributed by atoms with van der Waals surface area (Å²) < 4.78 is 1.95. The fraction of sp³-hybridized carbons (Fsp3) is 0.333. The SMILES string of the molecule is CC(Cn1ccnc1)Nc1nc(N)nc(Cl)n1. The van der Waals surface area contributed by atoms with Gasteiger partial charge in [-0.3, -0.25) is 0 Å². The van der Waals surface area contributed by atoms with E-state index in [1.165, 1.54) is 0 Å². The van der Waals surface area contributed by atoms with Crippen LogP contribution in [0.25, 0.3) is 0 Å². The maximum absolute atomic E-state index is 5.68. The van der Waals surface area contributed by atoms with Crippen molar-refractivity contribution >= 4 is 23.5 Å². The molecule has 7 nitrogen and oxygen atoms in total. The minimum absolute atomic E-state index is 0.0785. The number of imidazole rings is 1. The van der Waals surface area contributed by atoms with Crippen molar-refractivity contribution < 1.29 is 0 Å². The van der Waals surface area contributed by atoms with E-state index >= 15 is 0 Å². The first-order valence-corrected chi connectivity index (χ1v) is 5.40. The van der Waals surface area contributed by atoms with Gasteiger partial charge in [-0.25, -0.2) is 4.98 Å². The van der Waals surface area contributed by atoms with Crippen molar-refractivity contribution in [1.82, 2.24) is 24.5 Å². The van der Waals surface area contributed by atoms with Crippen LogP contribution in [0, 0.1) is 0 Å². The third-order valence-electron chi connectivity index (χ3n) is 2.04. The summed E-state index contributed by atoms with van der Waals surface area (Å²) in [6.45, 7) is 2.73. The highest BCUT2D eigenvalue weighted by atomic mass is 35.5. The lowest BCUT2D eigenvalue weighted by atomic mass is 10.3. The summed E-state index contributed by atoms with van der Waals surface area (Å²) in [6, 6.07) is 0.113. The Labute approximate surface area is 103 Å². The lowest BCUT2D eigenvalue weighted by Crippen LogP contribution is -2.23. The van der Waals surface area contributed by atoms with E-state index in [-0.39, 0.29) is 17.3 Å². The second-order valence-corrected chi connectivity index (χ2v) is 3.93. The summed E-state index contributed by atoms with van der Waals surface area (Å²) in [5, 5.41) is 3.17. The molecule has 1 unspecified atom stereocenters. The average Bonchev–Trinajstić information content (AvgIpc) is 2.67. The Hall–Kier alpha value is -1.89. The van der Waals surface area contributed by atoms with Gasteiger partial charge in [0.05, 0.1) is 6.33 Å². The van der Waals surface area contributed by atoms with Gasteiger partial charge in [-0.1, -0.05) is 0 Å². The Kier molecular flexibility index (Phi) is 3.38. The zero-order chi connectivity index (χ0) is 12.3. The first-order valence-electron chi connectivity index (χ1n) is 5.03. The number of nitrogen functional groups attached to an aromatic ring is 1. The molecule has 0 aliphatic rings. The summed E-state index contributed by atoms with van der Waals surface area (Å²) in [5.74, 6) is 0.470. The molecule has 0 saturated heterocycles. The maximum Gasteiger partial charge on any atom is 0.229 e. The van der Waals surface area contributed by atoms with Gasteiger partial charge >= 0.3 is 0 Å². The number of halogens is 1. The highest BCUT2D eigenvalue weighted by Crippen LogP contribution is 2.08. The molecule has 2 aromatic rings. The zero-order valence-corrected chi connectivity index (χ0v) is 9.96. The molecule has 1 atom stereocenters. The Bertz CT molecular complexity index is 464. The first kappa shape index (κ1) is 11.6. The van der Waals surface area contributed by atoms with Crippen LogP contribution < -0.4 is 11.1 Å². The third-order valence-corrected chi connectivity index (χ3v) is 2.21. The summed E-state index contributed by atoms with van der Waals surface area (Å²) >= 11 is 5.68. The zero-order valence-electron chi connectivity index (χ0n) is 9.21. The lowest BCUT2D eigenvalue weighted by Gasteiger charge is -2.14. The number of rotatable bonds is 4. The fourth-order valence-electron chi connectivity index (χ4n) is 1.41. The van der Waals surface area contributed by atoms with Crippen LogP contribution in [0.5, 0.6) is 0 Å². The fourth-order valence-corrected chi connectivity index (χ4v) is 1.57. The quantitative estimate of drug-likeness (QED) is 0.837. The van der Waals surface area contributed by atoms with Crippen molar-refractivity contribution in [3.8, 4) is 0 Å².